The number of carbonyl (C=O) groups is 1. The second-order valence-electron chi connectivity index (χ2n) is 5.81. The lowest BCUT2D eigenvalue weighted by atomic mass is 10.1. The number of amides is 1. The van der Waals surface area contributed by atoms with Gasteiger partial charge in [0.05, 0.1) is 5.56 Å². The monoisotopic (exact) mass is 343 g/mol. The third-order valence-corrected chi connectivity index (χ3v) is 5.26. The van der Waals surface area contributed by atoms with Gasteiger partial charge in [-0.25, -0.2) is 0 Å². The van der Waals surface area contributed by atoms with E-state index in [0.29, 0.717) is 22.3 Å². The van der Waals surface area contributed by atoms with E-state index in [2.05, 4.69) is 31.3 Å². The Kier molecular flexibility index (Phi) is 5.00. The molecule has 24 heavy (non-hydrogen) atoms. The van der Waals surface area contributed by atoms with Gasteiger partial charge in [0.15, 0.2) is 11.5 Å². The van der Waals surface area contributed by atoms with E-state index in [1.807, 2.05) is 24.8 Å². The van der Waals surface area contributed by atoms with Crippen LogP contribution >= 0.6 is 11.8 Å². The summed E-state index contributed by atoms with van der Waals surface area (Å²) in [6.45, 7) is 6.56. The van der Waals surface area contributed by atoms with Gasteiger partial charge in [-0.15, -0.1) is 11.8 Å². The fraction of sp³-hybridized carbons (Fsp3) is 0.316. The zero-order valence-corrected chi connectivity index (χ0v) is 14.9. The van der Waals surface area contributed by atoms with Crippen molar-refractivity contribution in [2.75, 3.05) is 12.1 Å². The van der Waals surface area contributed by atoms with E-state index < -0.39 is 0 Å². The first-order valence-corrected chi connectivity index (χ1v) is 8.93. The number of nitrogens with one attached hydrogen (secondary N) is 1. The Bertz CT molecular complexity index is 760. The summed E-state index contributed by atoms with van der Waals surface area (Å²) in [7, 11) is 0. The largest absolute Gasteiger partial charge is 0.454 e. The number of fused-ring (bicyclic) bond motifs is 1. The molecule has 1 atom stereocenters. The summed E-state index contributed by atoms with van der Waals surface area (Å²) in [6.07, 6.45) is 1.13. The van der Waals surface area contributed by atoms with E-state index in [4.69, 9.17) is 9.47 Å². The maximum atomic E-state index is 12.6. The minimum atomic E-state index is -0.192. The van der Waals surface area contributed by atoms with Crippen molar-refractivity contribution in [1.29, 1.82) is 0 Å². The smallest absolute Gasteiger partial charge is 0.259 e. The molecule has 5 heteroatoms. The molecule has 0 saturated heterocycles. The second-order valence-corrected chi connectivity index (χ2v) is 7.32. The van der Waals surface area contributed by atoms with Crippen LogP contribution in [0.3, 0.4) is 0 Å². The molecule has 1 heterocycles. The molecule has 0 bridgehead atoms. The third kappa shape index (κ3) is 3.51. The lowest BCUT2D eigenvalue weighted by Gasteiger charge is -2.13. The molecule has 0 aromatic heterocycles. The predicted molar refractivity (Wildman–Crippen MR) is 97.3 cm³/mol. The normalized spacial score (nSPS) is 13.6. The van der Waals surface area contributed by atoms with Crippen molar-refractivity contribution in [2.45, 2.75) is 37.3 Å². The number of anilines is 1. The van der Waals surface area contributed by atoms with Crippen LogP contribution in [0.5, 0.6) is 11.5 Å². The topological polar surface area (TPSA) is 47.6 Å². The standard InChI is InChI=1S/C19H21NO3S/c1-4-13(3)24-14-8-9-16(12(2)10-14)20-19(21)15-6-5-7-17-18(15)23-11-22-17/h5-10,13H,4,11H2,1-3H3,(H,20,21). The molecule has 3 rings (SSSR count). The van der Waals surface area contributed by atoms with Crippen molar-refractivity contribution in [3.8, 4) is 11.5 Å². The van der Waals surface area contributed by atoms with Crippen LogP contribution in [-0.4, -0.2) is 18.0 Å². The average molecular weight is 343 g/mol. The molecule has 0 aliphatic carbocycles. The molecule has 1 aliphatic heterocycles. The van der Waals surface area contributed by atoms with Crippen LogP contribution in [0.1, 0.15) is 36.2 Å². The SMILES string of the molecule is CCC(C)Sc1ccc(NC(=O)c2cccc3c2OCO3)c(C)c1. The highest BCUT2D eigenvalue weighted by Crippen LogP contribution is 2.36. The second kappa shape index (κ2) is 7.18. The third-order valence-electron chi connectivity index (χ3n) is 4.00. The molecule has 1 N–H and O–H groups in total. The van der Waals surface area contributed by atoms with E-state index >= 15 is 0 Å². The number of ether oxygens (including phenoxy) is 2. The minimum Gasteiger partial charge on any atom is -0.454 e. The zero-order valence-electron chi connectivity index (χ0n) is 14.1. The van der Waals surface area contributed by atoms with Crippen LogP contribution < -0.4 is 14.8 Å². The lowest BCUT2D eigenvalue weighted by molar-refractivity contribution is 0.102. The Morgan fingerprint density at radius 1 is 1.29 bits per heavy atom. The summed E-state index contributed by atoms with van der Waals surface area (Å²) in [5, 5.41) is 3.54. The van der Waals surface area contributed by atoms with Crippen LogP contribution in [0, 0.1) is 6.92 Å². The molecule has 4 nitrogen and oxygen atoms in total. The predicted octanol–water partition coefficient (Wildman–Crippen LogP) is 4.87. The number of aryl methyl sites for hydroxylation is 1. The summed E-state index contributed by atoms with van der Waals surface area (Å²) in [4.78, 5) is 13.8. The van der Waals surface area contributed by atoms with Gasteiger partial charge in [-0.3, -0.25) is 4.79 Å². The van der Waals surface area contributed by atoms with Gasteiger partial charge in [0.1, 0.15) is 0 Å². The van der Waals surface area contributed by atoms with Crippen LogP contribution in [0.15, 0.2) is 41.3 Å². The van der Waals surface area contributed by atoms with Crippen molar-refractivity contribution in [3.63, 3.8) is 0 Å². The number of benzene rings is 2. The maximum absolute atomic E-state index is 12.6. The molecule has 1 unspecified atom stereocenters. The molecule has 2 aromatic rings. The van der Waals surface area contributed by atoms with Crippen LogP contribution in [0.4, 0.5) is 5.69 Å². The molecular formula is C19H21NO3S. The minimum absolute atomic E-state index is 0.153. The van der Waals surface area contributed by atoms with Crippen molar-refractivity contribution in [2.24, 2.45) is 0 Å². The Balaban J connectivity index is 1.77. The molecule has 0 radical (unpaired) electrons. The van der Waals surface area contributed by atoms with Crippen LogP contribution in [0.2, 0.25) is 0 Å². The van der Waals surface area contributed by atoms with Gasteiger partial charge in [0, 0.05) is 15.8 Å². The number of hydrogen-bond acceptors (Lipinski definition) is 4. The number of carbonyl (C=O) groups excluding carboxylic acids is 1. The first kappa shape index (κ1) is 16.7. The molecule has 1 amide bonds. The summed E-state index contributed by atoms with van der Waals surface area (Å²) in [5.41, 5.74) is 2.34. The molecule has 0 saturated carbocycles. The Hall–Kier alpha value is -2.14. The highest BCUT2D eigenvalue weighted by atomic mass is 32.2. The van der Waals surface area contributed by atoms with Crippen LogP contribution in [0.25, 0.3) is 0 Å². The van der Waals surface area contributed by atoms with Crippen LogP contribution in [-0.2, 0) is 0 Å². The van der Waals surface area contributed by atoms with Crippen molar-refractivity contribution in [3.05, 3.63) is 47.5 Å². The number of rotatable bonds is 5. The molecule has 2 aromatic carbocycles. The number of para-hydroxylation sites is 1. The zero-order chi connectivity index (χ0) is 17.1. The first-order valence-electron chi connectivity index (χ1n) is 8.05. The Morgan fingerprint density at radius 3 is 2.88 bits per heavy atom. The van der Waals surface area contributed by atoms with E-state index in [9.17, 15) is 4.79 Å². The fourth-order valence-electron chi connectivity index (χ4n) is 2.46. The van der Waals surface area contributed by atoms with E-state index in [0.717, 1.165) is 17.7 Å². The van der Waals surface area contributed by atoms with E-state index in [1.165, 1.54) is 4.90 Å². The van der Waals surface area contributed by atoms with E-state index in [1.54, 1.807) is 18.2 Å². The van der Waals surface area contributed by atoms with Gasteiger partial charge in [-0.2, -0.15) is 0 Å². The van der Waals surface area contributed by atoms with Crippen molar-refractivity contribution in [1.82, 2.24) is 0 Å². The molecule has 126 valence electrons. The van der Waals surface area contributed by atoms with Gasteiger partial charge in [-0.1, -0.05) is 19.9 Å². The summed E-state index contributed by atoms with van der Waals surface area (Å²) in [5.74, 6) is 0.930. The van der Waals surface area contributed by atoms with E-state index in [-0.39, 0.29) is 12.7 Å². The molecule has 1 aliphatic rings. The Morgan fingerprint density at radius 2 is 2.12 bits per heavy atom. The van der Waals surface area contributed by atoms with Crippen molar-refractivity contribution < 1.29 is 14.3 Å². The molecule has 0 fully saturated rings. The number of thioether (sulfide) groups is 1. The summed E-state index contributed by atoms with van der Waals surface area (Å²) in [6, 6.07) is 11.5. The van der Waals surface area contributed by atoms with Crippen molar-refractivity contribution >= 4 is 23.4 Å². The lowest BCUT2D eigenvalue weighted by Crippen LogP contribution is -2.13. The average Bonchev–Trinajstić information content (AvgIpc) is 3.05. The summed E-state index contributed by atoms with van der Waals surface area (Å²) >= 11 is 1.85. The van der Waals surface area contributed by atoms with Gasteiger partial charge in [0.2, 0.25) is 6.79 Å². The Labute approximate surface area is 146 Å². The highest BCUT2D eigenvalue weighted by molar-refractivity contribution is 7.99. The van der Waals surface area contributed by atoms with Gasteiger partial charge in [-0.05, 0) is 49.2 Å². The van der Waals surface area contributed by atoms with Gasteiger partial charge < -0.3 is 14.8 Å². The first-order chi connectivity index (χ1) is 11.6. The highest BCUT2D eigenvalue weighted by Gasteiger charge is 2.22. The van der Waals surface area contributed by atoms with Gasteiger partial charge in [0.25, 0.3) is 5.91 Å². The fourth-order valence-corrected chi connectivity index (χ4v) is 3.49. The maximum Gasteiger partial charge on any atom is 0.259 e. The van der Waals surface area contributed by atoms with Gasteiger partial charge >= 0.3 is 0 Å². The molecular weight excluding hydrogens is 322 g/mol. The number of hydrogen-bond donors (Lipinski definition) is 1. The quantitative estimate of drug-likeness (QED) is 0.787. The summed E-state index contributed by atoms with van der Waals surface area (Å²) < 4.78 is 10.7. The molecule has 0 spiro atoms.